The van der Waals surface area contributed by atoms with Crippen LogP contribution in [0.15, 0.2) is 54.6 Å². The summed E-state index contributed by atoms with van der Waals surface area (Å²) in [4.78, 5) is 0. The zero-order valence-electron chi connectivity index (χ0n) is 11.7. The van der Waals surface area contributed by atoms with Crippen LogP contribution < -0.4 is 10.5 Å². The van der Waals surface area contributed by atoms with Crippen molar-refractivity contribution in [3.05, 3.63) is 54.6 Å². The van der Waals surface area contributed by atoms with E-state index in [1.54, 1.807) is 0 Å². The lowest BCUT2D eigenvalue weighted by molar-refractivity contribution is -0.232. The highest BCUT2D eigenvalue weighted by Gasteiger charge is 2.43. The van der Waals surface area contributed by atoms with Crippen molar-refractivity contribution < 1.29 is 31.1 Å². The molecule has 0 aromatic heterocycles. The first-order valence-electron chi connectivity index (χ1n) is 6.27. The third-order valence-electron chi connectivity index (χ3n) is 2.26. The summed E-state index contributed by atoms with van der Waals surface area (Å²) in [5.41, 5.74) is 6.31. The molecule has 8 heteroatoms. The van der Waals surface area contributed by atoms with E-state index in [1.807, 2.05) is 54.6 Å². The van der Waals surface area contributed by atoms with E-state index in [9.17, 15) is 26.3 Å². The van der Waals surface area contributed by atoms with Crippen LogP contribution in [0.2, 0.25) is 0 Å². The Labute approximate surface area is 128 Å². The molecule has 2 aromatic rings. The molecular formula is C15H13F6NO. The van der Waals surface area contributed by atoms with Crippen LogP contribution in [-0.4, -0.2) is 12.4 Å². The Morgan fingerprint density at radius 2 is 1.13 bits per heavy atom. The first-order valence-corrected chi connectivity index (χ1v) is 6.27. The minimum Gasteiger partial charge on any atom is -0.457 e. The normalized spacial score (nSPS) is 11.4. The van der Waals surface area contributed by atoms with Crippen LogP contribution in [0.3, 0.4) is 0 Å². The monoisotopic (exact) mass is 337 g/mol. The zero-order valence-corrected chi connectivity index (χ0v) is 11.7. The quantitative estimate of drug-likeness (QED) is 0.575. The van der Waals surface area contributed by atoms with Gasteiger partial charge in [-0.15, -0.1) is 0 Å². The molecule has 0 heterocycles. The van der Waals surface area contributed by atoms with E-state index >= 15 is 0 Å². The molecule has 0 bridgehead atoms. The Morgan fingerprint density at radius 1 is 0.696 bits per heavy atom. The molecular weight excluding hydrogens is 324 g/mol. The lowest BCUT2D eigenvalue weighted by Gasteiger charge is -2.08. The van der Waals surface area contributed by atoms with Crippen molar-refractivity contribution in [2.75, 3.05) is 5.73 Å². The van der Waals surface area contributed by atoms with Gasteiger partial charge in [-0.05, 0) is 36.4 Å². The Kier molecular flexibility index (Phi) is 6.29. The van der Waals surface area contributed by atoms with Crippen molar-refractivity contribution in [2.24, 2.45) is 0 Å². The molecule has 0 radical (unpaired) electrons. The van der Waals surface area contributed by atoms with Gasteiger partial charge in [0.2, 0.25) is 0 Å². The van der Waals surface area contributed by atoms with Crippen LogP contribution in [-0.2, 0) is 0 Å². The zero-order chi connectivity index (χ0) is 17.5. The molecule has 0 aliphatic rings. The van der Waals surface area contributed by atoms with Gasteiger partial charge in [0.05, 0.1) is 0 Å². The molecule has 2 nitrogen and oxygen atoms in total. The molecule has 0 spiro atoms. The minimum atomic E-state index is -5.14. The summed E-state index contributed by atoms with van der Waals surface area (Å²) >= 11 is 0. The average Bonchev–Trinajstić information content (AvgIpc) is 2.39. The summed E-state index contributed by atoms with van der Waals surface area (Å²) in [7, 11) is 0. The largest absolute Gasteiger partial charge is 0.457 e. The van der Waals surface area contributed by atoms with Gasteiger partial charge in [0.15, 0.2) is 0 Å². The van der Waals surface area contributed by atoms with Gasteiger partial charge in [-0.2, -0.15) is 26.3 Å². The number of halogens is 6. The van der Waals surface area contributed by atoms with Gasteiger partial charge in [0, 0.05) is 5.69 Å². The number of hydrogen-bond donors (Lipinski definition) is 1. The number of para-hydroxylation sites is 1. The van der Waals surface area contributed by atoms with Gasteiger partial charge in [-0.1, -0.05) is 18.2 Å². The first kappa shape index (κ1) is 18.7. The molecule has 0 unspecified atom stereocenters. The Morgan fingerprint density at radius 3 is 1.52 bits per heavy atom. The van der Waals surface area contributed by atoms with Crippen molar-refractivity contribution in [1.29, 1.82) is 0 Å². The lowest BCUT2D eigenvalue weighted by atomic mass is 10.3. The van der Waals surface area contributed by atoms with Gasteiger partial charge in [-0.25, -0.2) is 0 Å². The van der Waals surface area contributed by atoms with Crippen molar-refractivity contribution >= 4 is 5.69 Å². The fraction of sp³-hybridized carbons (Fsp3) is 0.200. The summed E-state index contributed by atoms with van der Waals surface area (Å²) in [5, 5.41) is 0. The van der Waals surface area contributed by atoms with E-state index in [1.165, 1.54) is 0 Å². The molecule has 0 aliphatic carbocycles. The number of nitrogens with two attached hydrogens (primary N) is 1. The van der Waals surface area contributed by atoms with E-state index in [-0.39, 0.29) is 0 Å². The molecule has 0 fully saturated rings. The number of alkyl halides is 6. The number of hydrogen-bond acceptors (Lipinski definition) is 2. The van der Waals surface area contributed by atoms with Gasteiger partial charge >= 0.3 is 12.4 Å². The van der Waals surface area contributed by atoms with Crippen molar-refractivity contribution in [2.45, 2.75) is 18.8 Å². The van der Waals surface area contributed by atoms with Crippen LogP contribution in [0.25, 0.3) is 0 Å². The standard InChI is InChI=1S/C12H11NO.C3H2F6/c13-10-6-8-12(9-7-10)14-11-4-2-1-3-5-11;4-2(5,6)1-3(7,8)9/h1-9H,13H2;1H2. The molecule has 0 saturated carbocycles. The topological polar surface area (TPSA) is 35.2 Å². The lowest BCUT2D eigenvalue weighted by Crippen LogP contribution is -2.20. The van der Waals surface area contributed by atoms with Crippen molar-refractivity contribution in [1.82, 2.24) is 0 Å². The molecule has 126 valence electrons. The highest BCUT2D eigenvalue weighted by molar-refractivity contribution is 5.42. The van der Waals surface area contributed by atoms with Crippen molar-refractivity contribution in [3.8, 4) is 11.5 Å². The van der Waals surface area contributed by atoms with Crippen LogP contribution in [0.4, 0.5) is 32.0 Å². The Bertz CT molecular complexity index is 566. The predicted octanol–water partition coefficient (Wildman–Crippen LogP) is 5.56. The summed E-state index contributed by atoms with van der Waals surface area (Å²) in [6, 6.07) is 17.0. The number of anilines is 1. The van der Waals surface area contributed by atoms with E-state index in [2.05, 4.69) is 0 Å². The van der Waals surface area contributed by atoms with Gasteiger partial charge in [-0.3, -0.25) is 0 Å². The molecule has 23 heavy (non-hydrogen) atoms. The van der Waals surface area contributed by atoms with E-state index in [0.29, 0.717) is 0 Å². The second-order valence-corrected chi connectivity index (χ2v) is 4.39. The summed E-state index contributed by atoms with van der Waals surface area (Å²) in [6.07, 6.45) is -13.0. The maximum atomic E-state index is 10.8. The number of rotatable bonds is 2. The highest BCUT2D eigenvalue weighted by Crippen LogP contribution is 2.31. The second-order valence-electron chi connectivity index (χ2n) is 4.39. The molecule has 0 aliphatic heterocycles. The number of ether oxygens (including phenoxy) is 1. The van der Waals surface area contributed by atoms with E-state index < -0.39 is 18.8 Å². The molecule has 0 saturated heterocycles. The Hall–Kier alpha value is -2.38. The molecule has 2 rings (SSSR count). The summed E-state index contributed by atoms with van der Waals surface area (Å²) in [6.45, 7) is 0. The third-order valence-corrected chi connectivity index (χ3v) is 2.26. The SMILES string of the molecule is FC(F)(F)CC(F)(F)F.Nc1ccc(Oc2ccccc2)cc1. The van der Waals surface area contributed by atoms with E-state index in [4.69, 9.17) is 10.5 Å². The molecule has 0 atom stereocenters. The fourth-order valence-electron chi connectivity index (χ4n) is 1.39. The van der Waals surface area contributed by atoms with Gasteiger partial charge in [0.25, 0.3) is 0 Å². The third kappa shape index (κ3) is 9.28. The molecule has 2 N–H and O–H groups in total. The summed E-state index contributed by atoms with van der Waals surface area (Å²) < 4.78 is 70.6. The van der Waals surface area contributed by atoms with Crippen LogP contribution in [0.5, 0.6) is 11.5 Å². The van der Waals surface area contributed by atoms with Crippen molar-refractivity contribution in [3.63, 3.8) is 0 Å². The van der Waals surface area contributed by atoms with Gasteiger partial charge in [0.1, 0.15) is 17.9 Å². The fourth-order valence-corrected chi connectivity index (χ4v) is 1.39. The molecule has 2 aromatic carbocycles. The Balaban J connectivity index is 0.000000257. The minimum absolute atomic E-state index is 0.741. The number of nitrogen functional groups attached to an aromatic ring is 1. The maximum Gasteiger partial charge on any atom is 0.397 e. The first-order chi connectivity index (χ1) is 10.6. The van der Waals surface area contributed by atoms with Crippen LogP contribution in [0, 0.1) is 0 Å². The highest BCUT2D eigenvalue weighted by atomic mass is 19.4. The van der Waals surface area contributed by atoms with Gasteiger partial charge < -0.3 is 10.5 Å². The average molecular weight is 337 g/mol. The van der Waals surface area contributed by atoms with Crippen LogP contribution in [0.1, 0.15) is 6.42 Å². The van der Waals surface area contributed by atoms with E-state index in [0.717, 1.165) is 17.2 Å². The van der Waals surface area contributed by atoms with Crippen LogP contribution >= 0.6 is 0 Å². The summed E-state index contributed by atoms with van der Waals surface area (Å²) in [5.74, 6) is 1.63. The maximum absolute atomic E-state index is 10.8. The smallest absolute Gasteiger partial charge is 0.397 e. The molecule has 0 amide bonds. The second kappa shape index (κ2) is 7.75. The number of benzene rings is 2. The predicted molar refractivity (Wildman–Crippen MR) is 74.1 cm³/mol.